The predicted molar refractivity (Wildman–Crippen MR) is 117 cm³/mol. The molecule has 0 saturated heterocycles. The highest BCUT2D eigenvalue weighted by Gasteiger charge is 2.23. The molecule has 0 aliphatic carbocycles. The molecule has 0 fully saturated rings. The minimum absolute atomic E-state index is 0.0699. The van der Waals surface area contributed by atoms with E-state index in [9.17, 15) is 9.59 Å². The van der Waals surface area contributed by atoms with Gasteiger partial charge < -0.3 is 14.6 Å². The molecular formula is C21H25N5O3S. The third-order valence-electron chi connectivity index (χ3n) is 4.53. The first-order chi connectivity index (χ1) is 14.4. The van der Waals surface area contributed by atoms with Crippen molar-refractivity contribution in [3.63, 3.8) is 0 Å². The molecule has 1 amide bonds. The normalized spacial score (nSPS) is 12.3. The highest BCUT2D eigenvalue weighted by atomic mass is 32.2. The Bertz CT molecular complexity index is 1080. The number of rotatable bonds is 9. The molecule has 0 aliphatic heterocycles. The maximum absolute atomic E-state index is 12.4. The quantitative estimate of drug-likeness (QED) is 0.318. The number of nitrogens with zero attached hydrogens (tertiary/aromatic N) is 4. The van der Waals surface area contributed by atoms with Crippen LogP contribution >= 0.6 is 11.8 Å². The zero-order valence-electron chi connectivity index (χ0n) is 17.3. The molecule has 2 heterocycles. The molecular weight excluding hydrogens is 402 g/mol. The number of esters is 1. The number of fused-ring (bicyclic) bond motifs is 3. The number of methoxy groups -OCH3 is 1. The van der Waals surface area contributed by atoms with Crippen LogP contribution in [-0.4, -0.2) is 50.5 Å². The van der Waals surface area contributed by atoms with E-state index < -0.39 is 12.0 Å². The number of carbonyl (C=O) groups is 2. The summed E-state index contributed by atoms with van der Waals surface area (Å²) in [6.07, 6.45) is 2.31. The molecule has 1 N–H and O–H groups in total. The fourth-order valence-corrected chi connectivity index (χ4v) is 3.85. The Balaban J connectivity index is 1.77. The van der Waals surface area contributed by atoms with Crippen LogP contribution in [0.1, 0.15) is 20.3 Å². The van der Waals surface area contributed by atoms with E-state index in [1.54, 1.807) is 6.08 Å². The lowest BCUT2D eigenvalue weighted by Gasteiger charge is -2.18. The van der Waals surface area contributed by atoms with Crippen LogP contribution in [0.15, 0.2) is 42.1 Å². The van der Waals surface area contributed by atoms with E-state index in [1.165, 1.54) is 18.9 Å². The Labute approximate surface area is 179 Å². The number of para-hydroxylation sites is 1. The Kier molecular flexibility index (Phi) is 7.04. The van der Waals surface area contributed by atoms with Crippen LogP contribution < -0.4 is 5.32 Å². The van der Waals surface area contributed by atoms with Gasteiger partial charge in [-0.1, -0.05) is 49.9 Å². The lowest BCUT2D eigenvalue weighted by molar-refractivity contribution is -0.145. The second kappa shape index (κ2) is 9.71. The number of carbonyl (C=O) groups excluding carboxylic acids is 2. The lowest BCUT2D eigenvalue weighted by atomic mass is 10.0. The first kappa shape index (κ1) is 21.8. The molecule has 0 bridgehead atoms. The van der Waals surface area contributed by atoms with Crippen LogP contribution in [0.2, 0.25) is 0 Å². The van der Waals surface area contributed by atoms with Crippen molar-refractivity contribution in [1.82, 2.24) is 25.1 Å². The SMILES string of the molecule is C=CCn1c2ccccc2c2nnc(SCC(=O)N[C@@H](CC(C)C)C(=O)OC)nc21. The second-order valence-electron chi connectivity index (χ2n) is 7.24. The van der Waals surface area contributed by atoms with Crippen LogP contribution in [0.25, 0.3) is 22.1 Å². The van der Waals surface area contributed by atoms with Crippen molar-refractivity contribution < 1.29 is 14.3 Å². The van der Waals surface area contributed by atoms with Gasteiger partial charge in [0.15, 0.2) is 5.65 Å². The van der Waals surface area contributed by atoms with Gasteiger partial charge in [-0.3, -0.25) is 4.79 Å². The van der Waals surface area contributed by atoms with Crippen molar-refractivity contribution in [2.24, 2.45) is 5.92 Å². The van der Waals surface area contributed by atoms with Gasteiger partial charge >= 0.3 is 5.97 Å². The van der Waals surface area contributed by atoms with Crippen molar-refractivity contribution in [3.05, 3.63) is 36.9 Å². The second-order valence-corrected chi connectivity index (χ2v) is 8.19. The summed E-state index contributed by atoms with van der Waals surface area (Å²) in [5.74, 6) is -0.425. The van der Waals surface area contributed by atoms with Gasteiger partial charge in [0.2, 0.25) is 11.1 Å². The van der Waals surface area contributed by atoms with Gasteiger partial charge in [-0.25, -0.2) is 9.78 Å². The van der Waals surface area contributed by atoms with Gasteiger partial charge in [0.1, 0.15) is 11.6 Å². The molecule has 0 radical (unpaired) electrons. The van der Waals surface area contributed by atoms with Gasteiger partial charge in [-0.2, -0.15) is 0 Å². The number of ether oxygens (including phenoxy) is 1. The summed E-state index contributed by atoms with van der Waals surface area (Å²) in [5, 5.41) is 12.6. The van der Waals surface area contributed by atoms with Gasteiger partial charge in [-0.15, -0.1) is 16.8 Å². The fraction of sp³-hybridized carbons (Fsp3) is 0.381. The Morgan fingerprint density at radius 1 is 1.30 bits per heavy atom. The summed E-state index contributed by atoms with van der Waals surface area (Å²) < 4.78 is 6.80. The number of nitrogens with one attached hydrogen (secondary N) is 1. The number of allylic oxidation sites excluding steroid dienone is 1. The van der Waals surface area contributed by atoms with Crippen molar-refractivity contribution in [2.75, 3.05) is 12.9 Å². The van der Waals surface area contributed by atoms with E-state index in [4.69, 9.17) is 4.74 Å². The molecule has 1 aromatic carbocycles. The summed E-state index contributed by atoms with van der Waals surface area (Å²) in [6.45, 7) is 8.37. The van der Waals surface area contributed by atoms with Crippen LogP contribution in [0.5, 0.6) is 0 Å². The van der Waals surface area contributed by atoms with Crippen LogP contribution in [0.4, 0.5) is 0 Å². The smallest absolute Gasteiger partial charge is 0.328 e. The Morgan fingerprint density at radius 2 is 2.07 bits per heavy atom. The standard InChI is InChI=1S/C21H25N5O3S/c1-5-10-26-16-9-7-6-8-14(16)18-19(26)23-21(25-24-18)30-12-17(27)22-15(11-13(2)3)20(28)29-4/h5-9,13,15H,1,10-12H2,2-4H3,(H,22,27)/t15-/m0/s1. The molecule has 1 atom stereocenters. The molecule has 0 unspecified atom stereocenters. The molecule has 3 rings (SSSR count). The van der Waals surface area contributed by atoms with Crippen LogP contribution in [-0.2, 0) is 20.9 Å². The Morgan fingerprint density at radius 3 is 2.77 bits per heavy atom. The molecule has 30 heavy (non-hydrogen) atoms. The molecule has 8 nitrogen and oxygen atoms in total. The number of amides is 1. The van der Waals surface area contributed by atoms with Crippen molar-refractivity contribution in [1.29, 1.82) is 0 Å². The topological polar surface area (TPSA) is 99.0 Å². The van der Waals surface area contributed by atoms with Gasteiger partial charge in [0, 0.05) is 11.9 Å². The molecule has 9 heteroatoms. The first-order valence-electron chi connectivity index (χ1n) is 9.67. The van der Waals surface area contributed by atoms with E-state index >= 15 is 0 Å². The maximum atomic E-state index is 12.4. The van der Waals surface area contributed by atoms with E-state index in [0.29, 0.717) is 29.3 Å². The predicted octanol–water partition coefficient (Wildman–Crippen LogP) is 2.96. The molecule has 0 spiro atoms. The highest BCUT2D eigenvalue weighted by molar-refractivity contribution is 7.99. The zero-order valence-corrected chi connectivity index (χ0v) is 18.1. The molecule has 0 aliphatic rings. The highest BCUT2D eigenvalue weighted by Crippen LogP contribution is 2.27. The average molecular weight is 428 g/mol. The van der Waals surface area contributed by atoms with Crippen molar-refractivity contribution in [3.8, 4) is 0 Å². The number of aromatic nitrogens is 4. The number of hydrogen-bond donors (Lipinski definition) is 1. The van der Waals surface area contributed by atoms with Crippen molar-refractivity contribution in [2.45, 2.75) is 38.0 Å². The van der Waals surface area contributed by atoms with E-state index in [2.05, 4.69) is 27.1 Å². The van der Waals surface area contributed by atoms with Crippen LogP contribution in [0, 0.1) is 5.92 Å². The molecule has 158 valence electrons. The number of hydrogen-bond acceptors (Lipinski definition) is 7. The Hall–Kier alpha value is -2.94. The number of thioether (sulfide) groups is 1. The number of benzene rings is 1. The van der Waals surface area contributed by atoms with Gasteiger partial charge in [0.25, 0.3) is 0 Å². The summed E-state index contributed by atoms with van der Waals surface area (Å²) in [4.78, 5) is 28.9. The zero-order chi connectivity index (χ0) is 21.7. The minimum Gasteiger partial charge on any atom is -0.467 e. The van der Waals surface area contributed by atoms with E-state index in [1.807, 2.05) is 42.7 Å². The summed E-state index contributed by atoms with van der Waals surface area (Å²) >= 11 is 1.17. The lowest BCUT2D eigenvalue weighted by Crippen LogP contribution is -2.43. The van der Waals surface area contributed by atoms with E-state index in [-0.39, 0.29) is 17.6 Å². The average Bonchev–Trinajstić information content (AvgIpc) is 3.04. The molecule has 2 aromatic heterocycles. The van der Waals surface area contributed by atoms with Crippen molar-refractivity contribution >= 4 is 45.7 Å². The van der Waals surface area contributed by atoms with E-state index in [0.717, 1.165) is 10.9 Å². The summed E-state index contributed by atoms with van der Waals surface area (Å²) in [6, 6.07) is 7.23. The summed E-state index contributed by atoms with van der Waals surface area (Å²) in [5.41, 5.74) is 2.41. The monoisotopic (exact) mass is 427 g/mol. The molecule has 3 aromatic rings. The largest absolute Gasteiger partial charge is 0.467 e. The van der Waals surface area contributed by atoms with Gasteiger partial charge in [-0.05, 0) is 18.4 Å². The molecule has 0 saturated carbocycles. The third-order valence-corrected chi connectivity index (χ3v) is 5.36. The maximum Gasteiger partial charge on any atom is 0.328 e. The first-order valence-corrected chi connectivity index (χ1v) is 10.7. The van der Waals surface area contributed by atoms with Crippen LogP contribution in [0.3, 0.4) is 0 Å². The fourth-order valence-electron chi connectivity index (χ4n) is 3.26. The third kappa shape index (κ3) is 4.79. The minimum atomic E-state index is -0.667. The van der Waals surface area contributed by atoms with Gasteiger partial charge in [0.05, 0.1) is 18.4 Å². The summed E-state index contributed by atoms with van der Waals surface area (Å²) in [7, 11) is 1.31.